The van der Waals surface area contributed by atoms with E-state index in [1.165, 1.54) is 11.8 Å². The molecule has 1 aliphatic rings. The maximum Gasteiger partial charge on any atom is 0.325 e. The van der Waals surface area contributed by atoms with Gasteiger partial charge in [0.2, 0.25) is 23.6 Å². The molecule has 1 heterocycles. The number of hydrogen-bond acceptors (Lipinski definition) is 7. The van der Waals surface area contributed by atoms with E-state index in [1.807, 2.05) is 0 Å². The van der Waals surface area contributed by atoms with E-state index in [0.29, 0.717) is 38.8 Å². The zero-order valence-electron chi connectivity index (χ0n) is 17.1. The molecule has 0 aromatic carbocycles. The minimum Gasteiger partial charge on any atom is -0.480 e. The monoisotopic (exact) mass is 428 g/mol. The second-order valence-corrected chi connectivity index (χ2v) is 7.38. The van der Waals surface area contributed by atoms with E-state index in [1.54, 1.807) is 0 Å². The van der Waals surface area contributed by atoms with Crippen LogP contribution in [-0.2, 0) is 24.0 Å². The third-order valence-corrected chi connectivity index (χ3v) is 4.89. The van der Waals surface area contributed by atoms with Crippen LogP contribution in [-0.4, -0.2) is 76.9 Å². The summed E-state index contributed by atoms with van der Waals surface area (Å²) in [6.07, 6.45) is 2.05. The van der Waals surface area contributed by atoms with Gasteiger partial charge in [0.15, 0.2) is 0 Å². The van der Waals surface area contributed by atoms with E-state index >= 15 is 0 Å². The van der Waals surface area contributed by atoms with Crippen molar-refractivity contribution in [3.05, 3.63) is 0 Å². The van der Waals surface area contributed by atoms with Crippen LogP contribution in [0.1, 0.15) is 45.4 Å². The summed E-state index contributed by atoms with van der Waals surface area (Å²) in [5.74, 6) is -3.65. The van der Waals surface area contributed by atoms with E-state index < -0.39 is 53.8 Å². The summed E-state index contributed by atoms with van der Waals surface area (Å²) in [7, 11) is 0. The van der Waals surface area contributed by atoms with Crippen LogP contribution in [0.25, 0.3) is 0 Å². The summed E-state index contributed by atoms with van der Waals surface area (Å²) in [5.41, 5.74) is 16.3. The first kappa shape index (κ1) is 25.3. The van der Waals surface area contributed by atoms with Gasteiger partial charge in [0.1, 0.15) is 18.1 Å². The third-order valence-electron chi connectivity index (χ3n) is 4.89. The highest BCUT2D eigenvalue weighted by Gasteiger charge is 2.38. The Morgan fingerprint density at radius 1 is 1.17 bits per heavy atom. The Hall–Kier alpha value is -2.73. The molecule has 1 saturated heterocycles. The molecular weight excluding hydrogens is 396 g/mol. The number of carboxylic acid groups (broad SMARTS) is 1. The maximum atomic E-state index is 12.8. The van der Waals surface area contributed by atoms with Crippen molar-refractivity contribution in [2.24, 2.45) is 17.2 Å². The summed E-state index contributed by atoms with van der Waals surface area (Å²) in [6.45, 7) is 2.02. The summed E-state index contributed by atoms with van der Waals surface area (Å²) >= 11 is 0. The SMILES string of the molecule is CC(NC(=O)C(CCCCN)NC(=O)C1CCCN1C(=O)C(N)CC(N)=O)C(=O)O. The quantitative estimate of drug-likeness (QED) is 0.181. The number of amides is 4. The van der Waals surface area contributed by atoms with Gasteiger partial charge in [-0.1, -0.05) is 0 Å². The van der Waals surface area contributed by atoms with Crippen LogP contribution in [0.2, 0.25) is 0 Å². The molecule has 0 aromatic rings. The fourth-order valence-corrected chi connectivity index (χ4v) is 3.23. The lowest BCUT2D eigenvalue weighted by Crippen LogP contribution is -2.56. The van der Waals surface area contributed by atoms with E-state index in [4.69, 9.17) is 22.3 Å². The fraction of sp³-hybridized carbons (Fsp3) is 0.722. The molecule has 1 fully saturated rings. The van der Waals surface area contributed by atoms with Gasteiger partial charge < -0.3 is 37.8 Å². The number of nitrogens with one attached hydrogen (secondary N) is 2. The number of unbranched alkanes of at least 4 members (excludes halogenated alkanes) is 1. The number of primary amides is 1. The first-order valence-electron chi connectivity index (χ1n) is 9.96. The van der Waals surface area contributed by atoms with Crippen molar-refractivity contribution in [2.75, 3.05) is 13.1 Å². The molecule has 9 N–H and O–H groups in total. The van der Waals surface area contributed by atoms with Crippen molar-refractivity contribution in [3.8, 4) is 0 Å². The number of nitrogens with zero attached hydrogens (tertiary/aromatic N) is 1. The van der Waals surface area contributed by atoms with Gasteiger partial charge in [0.25, 0.3) is 0 Å². The molecule has 0 aliphatic carbocycles. The van der Waals surface area contributed by atoms with Crippen molar-refractivity contribution in [3.63, 3.8) is 0 Å². The number of carbonyl (C=O) groups excluding carboxylic acids is 4. The number of carboxylic acids is 1. The fourth-order valence-electron chi connectivity index (χ4n) is 3.23. The Balaban J connectivity index is 2.84. The topological polar surface area (TPSA) is 211 Å². The predicted octanol–water partition coefficient (Wildman–Crippen LogP) is -2.62. The molecule has 12 heteroatoms. The average molecular weight is 428 g/mol. The molecule has 170 valence electrons. The minimum absolute atomic E-state index is 0.267. The highest BCUT2D eigenvalue weighted by molar-refractivity contribution is 5.95. The van der Waals surface area contributed by atoms with Gasteiger partial charge in [-0.3, -0.25) is 24.0 Å². The van der Waals surface area contributed by atoms with E-state index in [0.717, 1.165) is 0 Å². The van der Waals surface area contributed by atoms with Crippen LogP contribution in [0.15, 0.2) is 0 Å². The number of aliphatic carboxylic acids is 1. The molecule has 4 amide bonds. The van der Waals surface area contributed by atoms with Crippen LogP contribution in [0.4, 0.5) is 0 Å². The maximum absolute atomic E-state index is 12.8. The Morgan fingerprint density at radius 2 is 1.83 bits per heavy atom. The second-order valence-electron chi connectivity index (χ2n) is 7.38. The van der Waals surface area contributed by atoms with Gasteiger partial charge in [-0.15, -0.1) is 0 Å². The van der Waals surface area contributed by atoms with Crippen molar-refractivity contribution in [2.45, 2.75) is 69.6 Å². The van der Waals surface area contributed by atoms with E-state index in [2.05, 4.69) is 10.6 Å². The van der Waals surface area contributed by atoms with E-state index in [-0.39, 0.29) is 12.8 Å². The van der Waals surface area contributed by atoms with E-state index in [9.17, 15) is 24.0 Å². The van der Waals surface area contributed by atoms with Crippen LogP contribution in [0.5, 0.6) is 0 Å². The van der Waals surface area contributed by atoms with Crippen LogP contribution in [0, 0.1) is 0 Å². The van der Waals surface area contributed by atoms with Crippen molar-refractivity contribution in [1.82, 2.24) is 15.5 Å². The Kier molecular flexibility index (Phi) is 10.2. The smallest absolute Gasteiger partial charge is 0.325 e. The molecule has 0 aromatic heterocycles. The average Bonchev–Trinajstić information content (AvgIpc) is 3.15. The molecule has 1 aliphatic heterocycles. The third kappa shape index (κ3) is 7.59. The van der Waals surface area contributed by atoms with Gasteiger partial charge in [0.05, 0.1) is 12.5 Å². The number of hydrogen-bond donors (Lipinski definition) is 6. The largest absolute Gasteiger partial charge is 0.480 e. The molecule has 30 heavy (non-hydrogen) atoms. The summed E-state index contributed by atoms with van der Waals surface area (Å²) in [6, 6.07) is -4.07. The van der Waals surface area contributed by atoms with Gasteiger partial charge in [-0.05, 0) is 45.6 Å². The van der Waals surface area contributed by atoms with Crippen molar-refractivity contribution in [1.29, 1.82) is 0 Å². The summed E-state index contributed by atoms with van der Waals surface area (Å²) in [5, 5.41) is 13.9. The molecule has 4 atom stereocenters. The standard InChI is InChI=1S/C18H32N6O6/c1-10(18(29)30)22-15(26)12(5-2-3-7-19)23-16(27)13-6-4-8-24(13)17(28)11(20)9-14(21)25/h10-13H,2-9,19-20H2,1H3,(H2,21,25)(H,22,26)(H,23,27)(H,29,30). The van der Waals surface area contributed by atoms with Gasteiger partial charge >= 0.3 is 5.97 Å². The molecule has 12 nitrogen and oxygen atoms in total. The second kappa shape index (κ2) is 12.1. The molecule has 0 bridgehead atoms. The first-order chi connectivity index (χ1) is 14.1. The lowest BCUT2D eigenvalue weighted by molar-refractivity contribution is -0.142. The molecule has 0 radical (unpaired) electrons. The number of likely N-dealkylation sites (tertiary alicyclic amines) is 1. The lowest BCUT2D eigenvalue weighted by atomic mass is 10.1. The van der Waals surface area contributed by atoms with Crippen LogP contribution >= 0.6 is 0 Å². The van der Waals surface area contributed by atoms with Gasteiger partial charge in [-0.2, -0.15) is 0 Å². The molecule has 4 unspecified atom stereocenters. The molecular formula is C18H32N6O6. The number of rotatable bonds is 12. The predicted molar refractivity (Wildman–Crippen MR) is 107 cm³/mol. The summed E-state index contributed by atoms with van der Waals surface area (Å²) < 4.78 is 0. The lowest BCUT2D eigenvalue weighted by Gasteiger charge is -2.28. The molecule has 1 rings (SSSR count). The number of nitrogens with two attached hydrogens (primary N) is 3. The Morgan fingerprint density at radius 3 is 2.40 bits per heavy atom. The zero-order valence-corrected chi connectivity index (χ0v) is 17.1. The van der Waals surface area contributed by atoms with Gasteiger partial charge in [0, 0.05) is 6.54 Å². The zero-order chi connectivity index (χ0) is 22.8. The van der Waals surface area contributed by atoms with Crippen molar-refractivity contribution >= 4 is 29.6 Å². The van der Waals surface area contributed by atoms with Crippen LogP contribution < -0.4 is 27.8 Å². The Labute approximate surface area is 174 Å². The number of carbonyl (C=O) groups is 5. The van der Waals surface area contributed by atoms with Crippen molar-refractivity contribution < 1.29 is 29.1 Å². The Bertz CT molecular complexity index is 657. The van der Waals surface area contributed by atoms with Crippen LogP contribution in [0.3, 0.4) is 0 Å². The molecule has 0 spiro atoms. The van der Waals surface area contributed by atoms with Gasteiger partial charge in [-0.25, -0.2) is 0 Å². The normalized spacial score (nSPS) is 18.9. The highest BCUT2D eigenvalue weighted by atomic mass is 16.4. The molecule has 0 saturated carbocycles. The highest BCUT2D eigenvalue weighted by Crippen LogP contribution is 2.19. The minimum atomic E-state index is -1.20. The first-order valence-corrected chi connectivity index (χ1v) is 9.96. The summed E-state index contributed by atoms with van der Waals surface area (Å²) in [4.78, 5) is 61.1.